The summed E-state index contributed by atoms with van der Waals surface area (Å²) in [6.07, 6.45) is 0.0474. The molecule has 2 atom stereocenters. The van der Waals surface area contributed by atoms with Crippen molar-refractivity contribution in [2.24, 2.45) is 5.73 Å². The topological polar surface area (TPSA) is 98.9 Å². The highest BCUT2D eigenvalue weighted by Gasteiger charge is 2.31. The van der Waals surface area contributed by atoms with Crippen molar-refractivity contribution in [1.82, 2.24) is 0 Å². The van der Waals surface area contributed by atoms with Gasteiger partial charge in [-0.2, -0.15) is 12.6 Å². The van der Waals surface area contributed by atoms with Crippen molar-refractivity contribution in [1.29, 1.82) is 0 Å². The fourth-order valence-corrected chi connectivity index (χ4v) is 1.22. The van der Waals surface area contributed by atoms with E-state index in [1.54, 1.807) is 13.8 Å². The number of ether oxygens (including phenoxy) is 2. The van der Waals surface area contributed by atoms with Crippen molar-refractivity contribution >= 4 is 24.6 Å². The zero-order valence-electron chi connectivity index (χ0n) is 11.6. The number of nitrogens with two attached hydrogens (primary N) is 1. The maximum Gasteiger partial charge on any atom is 0.324 e. The summed E-state index contributed by atoms with van der Waals surface area (Å²) in [5.41, 5.74) is 5.66. The number of hydrogen-bond donors (Lipinski definition) is 3. The SMILES string of the molecule is CCCC(=O)OCC(CO)OC(=O)[C@H](N)C(C)(C)S. The van der Waals surface area contributed by atoms with E-state index in [-0.39, 0.29) is 13.0 Å². The molecule has 3 N–H and O–H groups in total. The second-order valence-corrected chi connectivity index (χ2v) is 5.96. The van der Waals surface area contributed by atoms with E-state index in [2.05, 4.69) is 12.6 Å². The molecular weight excluding hydrogens is 270 g/mol. The Kier molecular flexibility index (Phi) is 8.05. The molecule has 0 aliphatic heterocycles. The number of aliphatic hydroxyl groups excluding tert-OH is 1. The maximum atomic E-state index is 11.7. The Bertz CT molecular complexity index is 303. The molecule has 0 heterocycles. The lowest BCUT2D eigenvalue weighted by Crippen LogP contribution is -2.48. The minimum Gasteiger partial charge on any atom is -0.462 e. The second-order valence-electron chi connectivity index (χ2n) is 4.81. The van der Waals surface area contributed by atoms with E-state index < -0.39 is 35.4 Å². The monoisotopic (exact) mass is 293 g/mol. The van der Waals surface area contributed by atoms with Crippen molar-refractivity contribution in [2.75, 3.05) is 13.2 Å². The van der Waals surface area contributed by atoms with Crippen LogP contribution in [0.5, 0.6) is 0 Å². The summed E-state index contributed by atoms with van der Waals surface area (Å²) in [6.45, 7) is 4.58. The van der Waals surface area contributed by atoms with Gasteiger partial charge in [0.1, 0.15) is 12.6 Å². The second kappa shape index (κ2) is 8.39. The third kappa shape index (κ3) is 7.39. The van der Waals surface area contributed by atoms with Crippen molar-refractivity contribution in [3.05, 3.63) is 0 Å². The lowest BCUT2D eigenvalue weighted by atomic mass is 10.0. The molecule has 0 rings (SSSR count). The number of esters is 2. The summed E-state index contributed by atoms with van der Waals surface area (Å²) < 4.78 is 9.10. The van der Waals surface area contributed by atoms with E-state index in [1.807, 2.05) is 6.92 Å². The fourth-order valence-electron chi connectivity index (χ4n) is 1.11. The molecule has 0 amide bonds. The normalized spacial score (nSPS) is 14.6. The summed E-state index contributed by atoms with van der Waals surface area (Å²) in [4.78, 5) is 22.8. The van der Waals surface area contributed by atoms with E-state index in [1.165, 1.54) is 0 Å². The predicted octanol–water partition coefficient (Wildman–Crippen LogP) is 0.270. The van der Waals surface area contributed by atoms with Gasteiger partial charge in [0, 0.05) is 11.2 Å². The van der Waals surface area contributed by atoms with Crippen LogP contribution >= 0.6 is 12.6 Å². The molecule has 0 aromatic rings. The van der Waals surface area contributed by atoms with Gasteiger partial charge in [0.05, 0.1) is 6.61 Å². The molecule has 0 saturated heterocycles. The molecule has 0 aliphatic rings. The molecule has 0 spiro atoms. The Balaban J connectivity index is 4.26. The largest absolute Gasteiger partial charge is 0.462 e. The van der Waals surface area contributed by atoms with Crippen molar-refractivity contribution in [2.45, 2.75) is 50.5 Å². The molecule has 6 nitrogen and oxygen atoms in total. The van der Waals surface area contributed by atoms with Gasteiger partial charge in [-0.3, -0.25) is 9.59 Å². The molecule has 0 saturated carbocycles. The summed E-state index contributed by atoms with van der Waals surface area (Å²) in [6, 6.07) is -0.934. The summed E-state index contributed by atoms with van der Waals surface area (Å²) in [5.74, 6) is -1.08. The number of carbonyl (C=O) groups excluding carboxylic acids is 2. The van der Waals surface area contributed by atoms with Gasteiger partial charge in [0.15, 0.2) is 6.10 Å². The zero-order valence-corrected chi connectivity index (χ0v) is 12.5. The van der Waals surface area contributed by atoms with Crippen LogP contribution in [0.25, 0.3) is 0 Å². The first kappa shape index (κ1) is 18.2. The number of hydrogen-bond acceptors (Lipinski definition) is 7. The van der Waals surface area contributed by atoms with E-state index in [0.29, 0.717) is 6.42 Å². The van der Waals surface area contributed by atoms with Crippen LogP contribution < -0.4 is 5.73 Å². The van der Waals surface area contributed by atoms with E-state index in [4.69, 9.17) is 20.3 Å². The Morgan fingerprint density at radius 2 is 2.00 bits per heavy atom. The Morgan fingerprint density at radius 3 is 2.42 bits per heavy atom. The van der Waals surface area contributed by atoms with Crippen molar-refractivity contribution in [3.8, 4) is 0 Å². The molecule has 1 unspecified atom stereocenters. The van der Waals surface area contributed by atoms with Gasteiger partial charge in [-0.15, -0.1) is 0 Å². The van der Waals surface area contributed by atoms with Gasteiger partial charge in [0.25, 0.3) is 0 Å². The number of aliphatic hydroxyl groups is 1. The standard InChI is InChI=1S/C12H23NO5S/c1-4-5-9(15)17-7-8(6-14)18-11(16)10(13)12(2,3)19/h8,10,14,19H,4-7,13H2,1-3H3/t8?,10-/m0/s1. The fraction of sp³-hybridized carbons (Fsp3) is 0.833. The van der Waals surface area contributed by atoms with Gasteiger partial charge >= 0.3 is 11.9 Å². The summed E-state index contributed by atoms with van der Waals surface area (Å²) in [5, 5.41) is 9.07. The first-order valence-electron chi connectivity index (χ1n) is 6.17. The highest BCUT2D eigenvalue weighted by atomic mass is 32.1. The number of rotatable bonds is 8. The highest BCUT2D eigenvalue weighted by molar-refractivity contribution is 7.81. The van der Waals surface area contributed by atoms with Crippen LogP contribution in [0.1, 0.15) is 33.6 Å². The highest BCUT2D eigenvalue weighted by Crippen LogP contribution is 2.17. The molecule has 0 aliphatic carbocycles. The third-order valence-electron chi connectivity index (χ3n) is 2.39. The van der Waals surface area contributed by atoms with Crippen LogP contribution in [0, 0.1) is 0 Å². The Hall–Kier alpha value is -0.790. The molecule has 0 bridgehead atoms. The number of carbonyl (C=O) groups is 2. The summed E-state index contributed by atoms with van der Waals surface area (Å²) >= 11 is 4.18. The zero-order chi connectivity index (χ0) is 15.1. The lowest BCUT2D eigenvalue weighted by Gasteiger charge is -2.26. The third-order valence-corrected chi connectivity index (χ3v) is 2.66. The Morgan fingerprint density at radius 1 is 1.42 bits per heavy atom. The van der Waals surface area contributed by atoms with Crippen LogP contribution in [-0.2, 0) is 19.1 Å². The van der Waals surface area contributed by atoms with Crippen molar-refractivity contribution < 1.29 is 24.2 Å². The van der Waals surface area contributed by atoms with Crippen LogP contribution in [0.4, 0.5) is 0 Å². The molecule has 7 heteroatoms. The van der Waals surface area contributed by atoms with Gasteiger partial charge in [-0.25, -0.2) is 0 Å². The first-order valence-corrected chi connectivity index (χ1v) is 6.62. The molecule has 0 aromatic carbocycles. The van der Waals surface area contributed by atoms with E-state index >= 15 is 0 Å². The van der Waals surface area contributed by atoms with Crippen LogP contribution in [0.15, 0.2) is 0 Å². The average molecular weight is 293 g/mol. The first-order chi connectivity index (χ1) is 8.72. The molecule has 19 heavy (non-hydrogen) atoms. The smallest absolute Gasteiger partial charge is 0.324 e. The Labute approximate surface area is 119 Å². The minimum atomic E-state index is -0.934. The minimum absolute atomic E-state index is 0.180. The molecule has 112 valence electrons. The lowest BCUT2D eigenvalue weighted by molar-refractivity contribution is -0.162. The van der Waals surface area contributed by atoms with Crippen LogP contribution in [-0.4, -0.2) is 47.2 Å². The van der Waals surface area contributed by atoms with Crippen LogP contribution in [0.2, 0.25) is 0 Å². The van der Waals surface area contributed by atoms with Crippen molar-refractivity contribution in [3.63, 3.8) is 0 Å². The molecule has 0 aromatic heterocycles. The van der Waals surface area contributed by atoms with Gasteiger partial charge < -0.3 is 20.3 Å². The predicted molar refractivity (Wildman–Crippen MR) is 73.9 cm³/mol. The average Bonchev–Trinajstić information content (AvgIpc) is 2.32. The molecule has 0 radical (unpaired) electrons. The molecule has 0 fully saturated rings. The maximum absolute atomic E-state index is 11.7. The number of thiol groups is 1. The quantitative estimate of drug-likeness (QED) is 0.439. The van der Waals surface area contributed by atoms with Gasteiger partial charge in [-0.1, -0.05) is 6.92 Å². The summed E-state index contributed by atoms with van der Waals surface area (Å²) in [7, 11) is 0. The van der Waals surface area contributed by atoms with Gasteiger partial charge in [0.2, 0.25) is 0 Å². The van der Waals surface area contributed by atoms with E-state index in [9.17, 15) is 9.59 Å². The van der Waals surface area contributed by atoms with Crippen LogP contribution in [0.3, 0.4) is 0 Å². The molecular formula is C12H23NO5S. The van der Waals surface area contributed by atoms with Gasteiger partial charge in [-0.05, 0) is 20.3 Å². The van der Waals surface area contributed by atoms with E-state index in [0.717, 1.165) is 0 Å².